The summed E-state index contributed by atoms with van der Waals surface area (Å²) in [5, 5.41) is 0.546. The molecule has 2 N–H and O–H groups in total. The zero-order valence-corrected chi connectivity index (χ0v) is 14.5. The predicted octanol–water partition coefficient (Wildman–Crippen LogP) is 3.92. The number of hydrogen-bond donors (Lipinski definition) is 1. The van der Waals surface area contributed by atoms with Crippen molar-refractivity contribution in [2.45, 2.75) is 20.0 Å². The maximum Gasteiger partial charge on any atom is 0.414 e. The molecule has 6 nitrogen and oxygen atoms in total. The summed E-state index contributed by atoms with van der Waals surface area (Å²) in [6.07, 6.45) is 2.82. The zero-order valence-electron chi connectivity index (χ0n) is 13.7. The number of carbonyl (C=O) groups is 1. The second-order valence-electron chi connectivity index (χ2n) is 5.66. The number of nitrogen functional groups attached to an aromatic ring is 1. The number of benzene rings is 1. The highest BCUT2D eigenvalue weighted by Crippen LogP contribution is 2.30. The highest BCUT2D eigenvalue weighted by atomic mass is 32.1. The second kappa shape index (κ2) is 6.45. The van der Waals surface area contributed by atoms with Crippen molar-refractivity contribution < 1.29 is 9.53 Å². The number of fused-ring (bicyclic) bond motifs is 1. The lowest BCUT2D eigenvalue weighted by molar-refractivity contribution is 0.124. The number of carbonyl (C=O) groups excluding carboxylic acids is 1. The molecule has 0 atom stereocenters. The zero-order chi connectivity index (χ0) is 17.3. The largest absolute Gasteiger partial charge is 0.446 e. The average molecular weight is 342 g/mol. The third-order valence-electron chi connectivity index (χ3n) is 3.46. The molecule has 24 heavy (non-hydrogen) atoms. The molecule has 0 spiro atoms. The van der Waals surface area contributed by atoms with E-state index in [2.05, 4.69) is 9.97 Å². The Morgan fingerprint density at radius 3 is 2.79 bits per heavy atom. The first-order valence-electron chi connectivity index (χ1n) is 7.50. The van der Waals surface area contributed by atoms with Crippen LogP contribution in [0.15, 0.2) is 36.7 Å². The molecule has 0 saturated heterocycles. The summed E-state index contributed by atoms with van der Waals surface area (Å²) in [6, 6.07) is 7.83. The van der Waals surface area contributed by atoms with Crippen LogP contribution in [0.4, 0.5) is 15.6 Å². The minimum Gasteiger partial charge on any atom is -0.446 e. The average Bonchev–Trinajstić information content (AvgIpc) is 2.92. The maximum atomic E-state index is 12.0. The van der Waals surface area contributed by atoms with E-state index in [1.54, 1.807) is 19.4 Å². The molecule has 0 saturated carbocycles. The van der Waals surface area contributed by atoms with Gasteiger partial charge in [0.2, 0.25) is 0 Å². The van der Waals surface area contributed by atoms with E-state index in [9.17, 15) is 4.79 Å². The van der Waals surface area contributed by atoms with Crippen LogP contribution in [0.1, 0.15) is 13.8 Å². The van der Waals surface area contributed by atoms with E-state index >= 15 is 0 Å². The number of pyridine rings is 1. The topological polar surface area (TPSA) is 81.3 Å². The Labute approximate surface area is 143 Å². The monoisotopic (exact) mass is 342 g/mol. The molecule has 0 aliphatic carbocycles. The molecular formula is C17H18N4O2S. The van der Waals surface area contributed by atoms with Gasteiger partial charge in [0.15, 0.2) is 5.13 Å². The Morgan fingerprint density at radius 1 is 1.25 bits per heavy atom. The van der Waals surface area contributed by atoms with Crippen LogP contribution in [0, 0.1) is 0 Å². The molecule has 0 radical (unpaired) electrons. The fourth-order valence-electron chi connectivity index (χ4n) is 2.28. The third-order valence-corrected chi connectivity index (χ3v) is 4.31. The van der Waals surface area contributed by atoms with Crippen molar-refractivity contribution in [1.29, 1.82) is 0 Å². The molecule has 3 aromatic rings. The first-order chi connectivity index (χ1) is 11.4. The summed E-state index contributed by atoms with van der Waals surface area (Å²) < 4.78 is 6.23. The first kappa shape index (κ1) is 16.2. The number of amides is 1. The number of thiazole rings is 1. The number of anilines is 2. The van der Waals surface area contributed by atoms with Crippen LogP contribution in [0.25, 0.3) is 21.3 Å². The highest BCUT2D eigenvalue weighted by molar-refractivity contribution is 7.22. The van der Waals surface area contributed by atoms with E-state index in [1.165, 1.54) is 16.2 Å². The lowest BCUT2D eigenvalue weighted by atomic mass is 10.1. The van der Waals surface area contributed by atoms with Crippen molar-refractivity contribution >= 4 is 38.5 Å². The van der Waals surface area contributed by atoms with E-state index < -0.39 is 6.09 Å². The predicted molar refractivity (Wildman–Crippen MR) is 97.3 cm³/mol. The van der Waals surface area contributed by atoms with Crippen LogP contribution in [-0.4, -0.2) is 29.2 Å². The summed E-state index contributed by atoms with van der Waals surface area (Å²) >= 11 is 1.44. The van der Waals surface area contributed by atoms with E-state index in [-0.39, 0.29) is 6.10 Å². The second-order valence-corrected chi connectivity index (χ2v) is 6.72. The van der Waals surface area contributed by atoms with Gasteiger partial charge >= 0.3 is 6.09 Å². The smallest absolute Gasteiger partial charge is 0.414 e. The van der Waals surface area contributed by atoms with Crippen LogP contribution in [0.3, 0.4) is 0 Å². The van der Waals surface area contributed by atoms with Gasteiger partial charge in [0, 0.05) is 18.8 Å². The standard InChI is InChI=1S/C17H18N4O2S/c1-10(2)23-17(22)21(3)13-6-12(8-19-9-13)11-4-5-14-15(7-11)24-16(18)20-14/h4-10H,1-3H3,(H2,18,20). The molecule has 2 heterocycles. The van der Waals surface area contributed by atoms with Crippen LogP contribution in [0.2, 0.25) is 0 Å². The van der Waals surface area contributed by atoms with Crippen molar-refractivity contribution in [2.24, 2.45) is 0 Å². The molecule has 0 aliphatic rings. The van der Waals surface area contributed by atoms with Crippen molar-refractivity contribution in [1.82, 2.24) is 9.97 Å². The van der Waals surface area contributed by atoms with E-state index in [0.717, 1.165) is 21.3 Å². The molecular weight excluding hydrogens is 324 g/mol. The minimum atomic E-state index is -0.408. The lowest BCUT2D eigenvalue weighted by Crippen LogP contribution is -2.29. The Balaban J connectivity index is 1.92. The Morgan fingerprint density at radius 2 is 2.04 bits per heavy atom. The van der Waals surface area contributed by atoms with Gasteiger partial charge in [-0.2, -0.15) is 0 Å². The van der Waals surface area contributed by atoms with Crippen molar-refractivity contribution in [2.75, 3.05) is 17.7 Å². The van der Waals surface area contributed by atoms with E-state index in [0.29, 0.717) is 10.8 Å². The molecule has 1 aromatic carbocycles. The van der Waals surface area contributed by atoms with Gasteiger partial charge in [-0.3, -0.25) is 9.88 Å². The molecule has 3 rings (SSSR count). The fraction of sp³-hybridized carbons (Fsp3) is 0.235. The van der Waals surface area contributed by atoms with Gasteiger partial charge in [-0.1, -0.05) is 17.4 Å². The molecule has 7 heteroatoms. The summed E-state index contributed by atoms with van der Waals surface area (Å²) in [5.41, 5.74) is 9.20. The molecule has 1 amide bonds. The van der Waals surface area contributed by atoms with Crippen LogP contribution >= 0.6 is 11.3 Å². The van der Waals surface area contributed by atoms with Gasteiger partial charge in [0.25, 0.3) is 0 Å². The summed E-state index contributed by atoms with van der Waals surface area (Å²) in [7, 11) is 1.67. The van der Waals surface area contributed by atoms with Gasteiger partial charge in [0.1, 0.15) is 0 Å². The Hall–Kier alpha value is -2.67. The van der Waals surface area contributed by atoms with Crippen LogP contribution in [-0.2, 0) is 4.74 Å². The number of ether oxygens (including phenoxy) is 1. The van der Waals surface area contributed by atoms with Gasteiger partial charge in [-0.05, 0) is 37.6 Å². The summed E-state index contributed by atoms with van der Waals surface area (Å²) in [5.74, 6) is 0. The fourth-order valence-corrected chi connectivity index (χ4v) is 3.05. The lowest BCUT2D eigenvalue weighted by Gasteiger charge is -2.19. The maximum absolute atomic E-state index is 12.0. The molecule has 0 fully saturated rings. The number of nitrogens with two attached hydrogens (primary N) is 1. The SMILES string of the molecule is CC(C)OC(=O)N(C)c1cncc(-c2ccc3nc(N)sc3c2)c1. The molecule has 0 bridgehead atoms. The number of hydrogen-bond acceptors (Lipinski definition) is 6. The quantitative estimate of drug-likeness (QED) is 0.780. The third kappa shape index (κ3) is 3.30. The van der Waals surface area contributed by atoms with Crippen LogP contribution < -0.4 is 10.6 Å². The minimum absolute atomic E-state index is 0.171. The first-order valence-corrected chi connectivity index (χ1v) is 8.31. The number of aromatic nitrogens is 2. The summed E-state index contributed by atoms with van der Waals surface area (Å²) in [4.78, 5) is 22.0. The molecule has 2 aromatic heterocycles. The molecule has 0 aliphatic heterocycles. The van der Waals surface area contributed by atoms with Crippen molar-refractivity contribution in [3.05, 3.63) is 36.7 Å². The van der Waals surface area contributed by atoms with Crippen molar-refractivity contribution in [3.63, 3.8) is 0 Å². The van der Waals surface area contributed by atoms with Gasteiger partial charge in [0.05, 0.1) is 28.2 Å². The summed E-state index contributed by atoms with van der Waals surface area (Å²) in [6.45, 7) is 3.63. The van der Waals surface area contributed by atoms with E-state index in [1.807, 2.05) is 38.1 Å². The van der Waals surface area contributed by atoms with Crippen molar-refractivity contribution in [3.8, 4) is 11.1 Å². The highest BCUT2D eigenvalue weighted by Gasteiger charge is 2.15. The molecule has 124 valence electrons. The Kier molecular flexibility index (Phi) is 4.35. The van der Waals surface area contributed by atoms with Crippen LogP contribution in [0.5, 0.6) is 0 Å². The number of rotatable bonds is 3. The van der Waals surface area contributed by atoms with Gasteiger partial charge in [-0.25, -0.2) is 9.78 Å². The molecule has 0 unspecified atom stereocenters. The van der Waals surface area contributed by atoms with Gasteiger partial charge < -0.3 is 10.5 Å². The van der Waals surface area contributed by atoms with E-state index in [4.69, 9.17) is 10.5 Å². The number of nitrogens with zero attached hydrogens (tertiary/aromatic N) is 3. The van der Waals surface area contributed by atoms with Gasteiger partial charge in [-0.15, -0.1) is 0 Å². The Bertz CT molecular complexity index is 891. The normalized spacial score (nSPS) is 11.0.